The van der Waals surface area contributed by atoms with Gasteiger partial charge in [-0.05, 0) is 37.3 Å². The van der Waals surface area contributed by atoms with Crippen molar-refractivity contribution in [1.82, 2.24) is 0 Å². The highest BCUT2D eigenvalue weighted by molar-refractivity contribution is 6.32. The highest BCUT2D eigenvalue weighted by Gasteiger charge is 2.31. The Bertz CT molecular complexity index is 902. The molecule has 0 amide bonds. The van der Waals surface area contributed by atoms with Gasteiger partial charge in [-0.3, -0.25) is 0 Å². The Balaban J connectivity index is 2.33. The van der Waals surface area contributed by atoms with Gasteiger partial charge in [0.2, 0.25) is 0 Å². The largest absolute Gasteiger partial charge is 0.478 e. The zero-order chi connectivity index (χ0) is 21.6. The third-order valence-electron chi connectivity index (χ3n) is 3.61. The van der Waals surface area contributed by atoms with Gasteiger partial charge in [0.15, 0.2) is 6.10 Å². The SMILES string of the molecule is CON=Cc1ccc(Oc2ccc(C(F)(F)F)cc2Cl)cc1OC(C)C(=O)OC. The van der Waals surface area contributed by atoms with Gasteiger partial charge in [-0.25, -0.2) is 4.79 Å². The Morgan fingerprint density at radius 1 is 1.14 bits per heavy atom. The lowest BCUT2D eigenvalue weighted by atomic mass is 10.2. The number of halogens is 4. The first-order valence-corrected chi connectivity index (χ1v) is 8.53. The van der Waals surface area contributed by atoms with Crippen LogP contribution in [-0.2, 0) is 20.5 Å². The van der Waals surface area contributed by atoms with Gasteiger partial charge >= 0.3 is 12.1 Å². The van der Waals surface area contributed by atoms with Gasteiger partial charge in [0.25, 0.3) is 0 Å². The van der Waals surface area contributed by atoms with E-state index in [-0.39, 0.29) is 22.3 Å². The lowest BCUT2D eigenvalue weighted by Crippen LogP contribution is -2.25. The van der Waals surface area contributed by atoms with Gasteiger partial charge in [0, 0.05) is 11.6 Å². The molecule has 29 heavy (non-hydrogen) atoms. The average molecular weight is 432 g/mol. The molecule has 0 bridgehead atoms. The van der Waals surface area contributed by atoms with E-state index in [1.54, 1.807) is 6.07 Å². The van der Waals surface area contributed by atoms with Crippen molar-refractivity contribution >= 4 is 23.8 Å². The maximum atomic E-state index is 12.8. The van der Waals surface area contributed by atoms with Crippen LogP contribution in [0.2, 0.25) is 5.02 Å². The fraction of sp³-hybridized carbons (Fsp3) is 0.263. The van der Waals surface area contributed by atoms with E-state index in [1.165, 1.54) is 39.5 Å². The summed E-state index contributed by atoms with van der Waals surface area (Å²) in [6, 6.07) is 7.27. The van der Waals surface area contributed by atoms with Gasteiger partial charge < -0.3 is 19.0 Å². The first kappa shape index (κ1) is 22.4. The number of alkyl halides is 3. The zero-order valence-corrected chi connectivity index (χ0v) is 16.4. The number of carbonyl (C=O) groups is 1. The molecule has 0 radical (unpaired) electrons. The lowest BCUT2D eigenvalue weighted by molar-refractivity contribution is -0.148. The normalized spacial score (nSPS) is 12.5. The molecule has 0 saturated heterocycles. The van der Waals surface area contributed by atoms with Crippen molar-refractivity contribution in [1.29, 1.82) is 0 Å². The molecule has 0 aromatic heterocycles. The molecule has 0 aliphatic rings. The van der Waals surface area contributed by atoms with Crippen LogP contribution in [0.1, 0.15) is 18.1 Å². The monoisotopic (exact) mass is 431 g/mol. The number of oxime groups is 1. The minimum absolute atomic E-state index is 0.0185. The van der Waals surface area contributed by atoms with Crippen molar-refractivity contribution in [3.05, 3.63) is 52.5 Å². The Morgan fingerprint density at radius 3 is 2.45 bits per heavy atom. The Morgan fingerprint density at radius 2 is 1.86 bits per heavy atom. The summed E-state index contributed by atoms with van der Waals surface area (Å²) in [6.45, 7) is 1.49. The highest BCUT2D eigenvalue weighted by atomic mass is 35.5. The van der Waals surface area contributed by atoms with Gasteiger partial charge in [-0.15, -0.1) is 0 Å². The molecule has 0 fully saturated rings. The second kappa shape index (κ2) is 9.51. The number of methoxy groups -OCH3 is 1. The van der Waals surface area contributed by atoms with Crippen molar-refractivity contribution in [3.63, 3.8) is 0 Å². The quantitative estimate of drug-likeness (QED) is 0.348. The fourth-order valence-electron chi connectivity index (χ4n) is 2.19. The van der Waals surface area contributed by atoms with Crippen LogP contribution < -0.4 is 9.47 Å². The van der Waals surface area contributed by atoms with Gasteiger partial charge in [-0.2, -0.15) is 13.2 Å². The molecule has 0 heterocycles. The summed E-state index contributed by atoms with van der Waals surface area (Å²) in [4.78, 5) is 16.3. The number of esters is 1. The van der Waals surface area contributed by atoms with Crippen molar-refractivity contribution < 1.29 is 37.0 Å². The van der Waals surface area contributed by atoms with Crippen LogP contribution in [0, 0.1) is 0 Å². The van der Waals surface area contributed by atoms with E-state index in [0.717, 1.165) is 18.2 Å². The van der Waals surface area contributed by atoms with E-state index in [9.17, 15) is 18.0 Å². The van der Waals surface area contributed by atoms with Crippen LogP contribution in [0.5, 0.6) is 17.2 Å². The van der Waals surface area contributed by atoms with Crippen molar-refractivity contribution in [2.75, 3.05) is 14.2 Å². The smallest absolute Gasteiger partial charge is 0.416 e. The molecule has 0 aliphatic carbocycles. The molecule has 6 nitrogen and oxygen atoms in total. The van der Waals surface area contributed by atoms with E-state index in [4.69, 9.17) is 21.1 Å². The molecule has 0 N–H and O–H groups in total. The third-order valence-corrected chi connectivity index (χ3v) is 3.90. The molecule has 2 rings (SSSR count). The molecule has 1 unspecified atom stereocenters. The van der Waals surface area contributed by atoms with Gasteiger partial charge in [-0.1, -0.05) is 16.8 Å². The number of benzene rings is 2. The summed E-state index contributed by atoms with van der Waals surface area (Å²) >= 11 is 5.91. The first-order chi connectivity index (χ1) is 13.7. The predicted molar refractivity (Wildman–Crippen MR) is 99.7 cm³/mol. The molecule has 0 aliphatic heterocycles. The van der Waals surface area contributed by atoms with Gasteiger partial charge in [0.1, 0.15) is 24.4 Å². The second-order valence-corrected chi connectivity index (χ2v) is 6.05. The van der Waals surface area contributed by atoms with Crippen LogP contribution >= 0.6 is 11.6 Å². The van der Waals surface area contributed by atoms with Crippen LogP contribution in [0.25, 0.3) is 0 Å². The highest BCUT2D eigenvalue weighted by Crippen LogP contribution is 2.37. The number of hydrogen-bond donors (Lipinski definition) is 0. The summed E-state index contributed by atoms with van der Waals surface area (Å²) in [7, 11) is 2.58. The molecular weight excluding hydrogens is 415 g/mol. The number of hydrogen-bond acceptors (Lipinski definition) is 6. The summed E-state index contributed by atoms with van der Waals surface area (Å²) < 4.78 is 54.1. The summed E-state index contributed by atoms with van der Waals surface area (Å²) in [6.07, 6.45) is -4.09. The third kappa shape index (κ3) is 6.02. The summed E-state index contributed by atoms with van der Waals surface area (Å²) in [5.41, 5.74) is -0.426. The Kier molecular flexibility index (Phi) is 7.33. The van der Waals surface area contributed by atoms with Crippen molar-refractivity contribution in [2.24, 2.45) is 5.16 Å². The molecule has 0 saturated carbocycles. The maximum Gasteiger partial charge on any atom is 0.416 e. The van der Waals surface area contributed by atoms with E-state index in [2.05, 4.69) is 14.7 Å². The maximum absolute atomic E-state index is 12.8. The summed E-state index contributed by atoms with van der Waals surface area (Å²) in [5.74, 6) is -0.154. The van der Waals surface area contributed by atoms with E-state index >= 15 is 0 Å². The molecular formula is C19H17ClF3NO5. The number of rotatable bonds is 7. The predicted octanol–water partition coefficient (Wildman–Crippen LogP) is 5.07. The number of nitrogens with zero attached hydrogens (tertiary/aromatic N) is 1. The standard InChI is InChI=1S/C19H17ClF3NO5/c1-11(18(25)26-2)28-17-9-14(6-4-12(17)10-24-27-3)29-16-7-5-13(8-15(16)20)19(21,22)23/h4-11H,1-3H3. The van der Waals surface area contributed by atoms with Crippen molar-refractivity contribution in [3.8, 4) is 17.2 Å². The van der Waals surface area contributed by atoms with Crippen LogP contribution in [0.15, 0.2) is 41.6 Å². The Hall–Kier alpha value is -2.94. The average Bonchev–Trinajstić information content (AvgIpc) is 2.67. The fourth-order valence-corrected chi connectivity index (χ4v) is 2.41. The van der Waals surface area contributed by atoms with E-state index in [1.807, 2.05) is 0 Å². The van der Waals surface area contributed by atoms with Crippen LogP contribution in [0.3, 0.4) is 0 Å². The Labute approximate surface area is 169 Å². The first-order valence-electron chi connectivity index (χ1n) is 8.15. The molecule has 10 heteroatoms. The number of ether oxygens (including phenoxy) is 3. The lowest BCUT2D eigenvalue weighted by Gasteiger charge is -2.16. The second-order valence-electron chi connectivity index (χ2n) is 5.64. The minimum Gasteiger partial charge on any atom is -0.478 e. The summed E-state index contributed by atoms with van der Waals surface area (Å²) in [5, 5.41) is 3.43. The molecule has 2 aromatic rings. The minimum atomic E-state index is -4.52. The molecule has 0 spiro atoms. The van der Waals surface area contributed by atoms with Crippen LogP contribution in [0.4, 0.5) is 13.2 Å². The molecule has 2 aromatic carbocycles. The zero-order valence-electron chi connectivity index (χ0n) is 15.6. The van der Waals surface area contributed by atoms with Crippen molar-refractivity contribution in [2.45, 2.75) is 19.2 Å². The van der Waals surface area contributed by atoms with E-state index in [0.29, 0.717) is 5.56 Å². The molecule has 156 valence electrons. The van der Waals surface area contributed by atoms with E-state index < -0.39 is 23.8 Å². The van der Waals surface area contributed by atoms with Gasteiger partial charge in [0.05, 0.1) is 23.9 Å². The topological polar surface area (TPSA) is 66.3 Å². The van der Waals surface area contributed by atoms with Crippen LogP contribution in [-0.4, -0.2) is 32.5 Å². The molecule has 1 atom stereocenters. The number of carbonyl (C=O) groups excluding carboxylic acids is 1.